The number of thiophene rings is 1. The third-order valence-electron chi connectivity index (χ3n) is 1.65. The molecule has 0 bridgehead atoms. The molecule has 0 amide bonds. The van der Waals surface area contributed by atoms with Crippen LogP contribution in [0.1, 0.15) is 0 Å². The van der Waals surface area contributed by atoms with E-state index >= 15 is 0 Å². The van der Waals surface area contributed by atoms with E-state index in [2.05, 4.69) is 4.98 Å². The molecule has 0 fully saturated rings. The lowest BCUT2D eigenvalue weighted by molar-refractivity contribution is 0.598. The monoisotopic (exact) mass is 214 g/mol. The Morgan fingerprint density at radius 3 is 2.85 bits per heavy atom. The van der Waals surface area contributed by atoms with Crippen LogP contribution in [0.2, 0.25) is 0 Å². The molecule has 0 aliphatic carbocycles. The maximum atomic E-state index is 11.1. The quantitative estimate of drug-likeness (QED) is 0.767. The van der Waals surface area contributed by atoms with Crippen molar-refractivity contribution >= 4 is 31.4 Å². The molecule has 0 aliphatic heterocycles. The minimum absolute atomic E-state index is 0.0891. The van der Waals surface area contributed by atoms with E-state index in [4.69, 9.17) is 5.14 Å². The van der Waals surface area contributed by atoms with Gasteiger partial charge in [0.05, 0.1) is 4.70 Å². The Kier molecular flexibility index (Phi) is 1.83. The number of rotatable bonds is 1. The molecule has 4 nitrogen and oxygen atoms in total. The van der Waals surface area contributed by atoms with E-state index in [0.717, 1.165) is 4.70 Å². The van der Waals surface area contributed by atoms with Gasteiger partial charge < -0.3 is 0 Å². The van der Waals surface area contributed by atoms with Crippen LogP contribution in [0.5, 0.6) is 0 Å². The Hall–Kier alpha value is -0.980. The largest absolute Gasteiger partial charge is 0.262 e. The van der Waals surface area contributed by atoms with Gasteiger partial charge in [0.2, 0.25) is 10.0 Å². The van der Waals surface area contributed by atoms with Crippen LogP contribution in [0, 0.1) is 0 Å². The number of hydrogen-bond acceptors (Lipinski definition) is 4. The number of hydrogen-bond donors (Lipinski definition) is 1. The van der Waals surface area contributed by atoms with E-state index in [0.29, 0.717) is 5.39 Å². The summed E-state index contributed by atoms with van der Waals surface area (Å²) < 4.78 is 23.0. The van der Waals surface area contributed by atoms with Gasteiger partial charge in [0.25, 0.3) is 0 Å². The van der Waals surface area contributed by atoms with Crippen molar-refractivity contribution in [1.82, 2.24) is 4.98 Å². The maximum absolute atomic E-state index is 11.1. The molecule has 0 aliphatic rings. The first-order chi connectivity index (χ1) is 6.09. The fourth-order valence-corrected chi connectivity index (χ4v) is 2.63. The Balaban J connectivity index is 2.91. The fourth-order valence-electron chi connectivity index (χ4n) is 1.09. The van der Waals surface area contributed by atoms with Gasteiger partial charge in [0.1, 0.15) is 4.90 Å². The molecule has 0 radical (unpaired) electrons. The molecule has 2 aromatic rings. The van der Waals surface area contributed by atoms with Crippen molar-refractivity contribution in [2.45, 2.75) is 4.90 Å². The summed E-state index contributed by atoms with van der Waals surface area (Å²) in [4.78, 5) is 3.89. The molecule has 2 aromatic heterocycles. The summed E-state index contributed by atoms with van der Waals surface area (Å²) >= 11 is 1.44. The number of fused-ring (bicyclic) bond motifs is 1. The lowest BCUT2D eigenvalue weighted by atomic mass is 10.3. The van der Waals surface area contributed by atoms with Gasteiger partial charge in [-0.2, -0.15) is 0 Å². The zero-order valence-electron chi connectivity index (χ0n) is 6.47. The Morgan fingerprint density at radius 2 is 2.15 bits per heavy atom. The molecule has 0 saturated heterocycles. The number of primary sulfonamides is 1. The summed E-state index contributed by atoms with van der Waals surface area (Å²) in [7, 11) is -3.66. The van der Waals surface area contributed by atoms with Crippen LogP contribution >= 0.6 is 11.3 Å². The van der Waals surface area contributed by atoms with E-state index in [1.807, 2.05) is 0 Å². The number of sulfonamides is 1. The summed E-state index contributed by atoms with van der Waals surface area (Å²) in [5.41, 5.74) is 0. The van der Waals surface area contributed by atoms with Gasteiger partial charge in [-0.3, -0.25) is 4.98 Å². The third-order valence-corrected chi connectivity index (χ3v) is 3.44. The van der Waals surface area contributed by atoms with Gasteiger partial charge in [-0.25, -0.2) is 13.6 Å². The van der Waals surface area contributed by atoms with E-state index in [9.17, 15) is 8.42 Å². The highest BCUT2D eigenvalue weighted by Gasteiger charge is 2.12. The van der Waals surface area contributed by atoms with Gasteiger partial charge in [0, 0.05) is 17.8 Å². The third kappa shape index (κ3) is 1.43. The fraction of sp³-hybridized carbons (Fsp3) is 0. The lowest BCUT2D eigenvalue weighted by Crippen LogP contribution is -2.12. The molecular weight excluding hydrogens is 208 g/mol. The number of nitrogens with zero attached hydrogens (tertiary/aromatic N) is 1. The van der Waals surface area contributed by atoms with Gasteiger partial charge in [-0.05, 0) is 11.4 Å². The molecule has 0 unspecified atom stereocenters. The van der Waals surface area contributed by atoms with E-state index in [1.54, 1.807) is 17.6 Å². The van der Waals surface area contributed by atoms with Gasteiger partial charge in [-0.15, -0.1) is 11.3 Å². The second-order valence-corrected chi connectivity index (χ2v) is 4.99. The first kappa shape index (κ1) is 8.61. The van der Waals surface area contributed by atoms with Crippen molar-refractivity contribution < 1.29 is 8.42 Å². The van der Waals surface area contributed by atoms with Gasteiger partial charge >= 0.3 is 0 Å². The van der Waals surface area contributed by atoms with Gasteiger partial charge in [0.15, 0.2) is 0 Å². The minimum Gasteiger partial charge on any atom is -0.262 e. The van der Waals surface area contributed by atoms with Crippen molar-refractivity contribution in [2.24, 2.45) is 5.14 Å². The van der Waals surface area contributed by atoms with Crippen LogP contribution in [0.15, 0.2) is 28.7 Å². The highest BCUT2D eigenvalue weighted by Crippen LogP contribution is 2.24. The average Bonchev–Trinajstić information content (AvgIpc) is 2.48. The normalized spacial score (nSPS) is 12.1. The van der Waals surface area contributed by atoms with Crippen LogP contribution in [-0.4, -0.2) is 13.4 Å². The summed E-state index contributed by atoms with van der Waals surface area (Å²) in [6.07, 6.45) is 2.89. The smallest absolute Gasteiger partial charge is 0.240 e. The molecule has 2 heterocycles. The SMILES string of the molecule is NS(=O)(=O)c1cncc2sccc12. The molecule has 0 atom stereocenters. The summed E-state index contributed by atoms with van der Waals surface area (Å²) in [6, 6.07) is 1.72. The minimum atomic E-state index is -3.66. The number of pyridine rings is 1. The molecular formula is C7H6N2O2S2. The Morgan fingerprint density at radius 1 is 1.38 bits per heavy atom. The second-order valence-electron chi connectivity index (χ2n) is 2.52. The predicted molar refractivity (Wildman–Crippen MR) is 51.0 cm³/mol. The summed E-state index contributed by atoms with van der Waals surface area (Å²) in [6.45, 7) is 0. The zero-order valence-corrected chi connectivity index (χ0v) is 8.10. The second kappa shape index (κ2) is 2.76. The van der Waals surface area contributed by atoms with Crippen LogP contribution < -0.4 is 5.14 Å². The van der Waals surface area contributed by atoms with Crippen molar-refractivity contribution in [2.75, 3.05) is 0 Å². The molecule has 0 saturated carbocycles. The molecule has 0 aromatic carbocycles. The molecule has 2 N–H and O–H groups in total. The first-order valence-corrected chi connectivity index (χ1v) is 5.85. The van der Waals surface area contributed by atoms with E-state index in [1.165, 1.54) is 17.5 Å². The average molecular weight is 214 g/mol. The lowest BCUT2D eigenvalue weighted by Gasteiger charge is -1.97. The van der Waals surface area contributed by atoms with Crippen molar-refractivity contribution in [3.8, 4) is 0 Å². The van der Waals surface area contributed by atoms with E-state index in [-0.39, 0.29) is 4.90 Å². The Bertz CT molecular complexity index is 544. The van der Waals surface area contributed by atoms with Crippen molar-refractivity contribution in [1.29, 1.82) is 0 Å². The molecule has 6 heteroatoms. The maximum Gasteiger partial charge on any atom is 0.240 e. The number of aromatic nitrogens is 1. The highest BCUT2D eigenvalue weighted by molar-refractivity contribution is 7.89. The highest BCUT2D eigenvalue weighted by atomic mass is 32.2. The molecule has 0 spiro atoms. The standard InChI is InChI=1S/C7H6N2O2S2/c8-13(10,11)7-4-9-3-6-5(7)1-2-12-6/h1-4H,(H2,8,10,11). The topological polar surface area (TPSA) is 73.1 Å². The van der Waals surface area contributed by atoms with Crippen LogP contribution in [-0.2, 0) is 10.0 Å². The van der Waals surface area contributed by atoms with Crippen LogP contribution in [0.25, 0.3) is 10.1 Å². The molecule has 13 heavy (non-hydrogen) atoms. The van der Waals surface area contributed by atoms with Crippen molar-refractivity contribution in [3.63, 3.8) is 0 Å². The zero-order chi connectivity index (χ0) is 9.47. The van der Waals surface area contributed by atoms with Crippen LogP contribution in [0.3, 0.4) is 0 Å². The first-order valence-electron chi connectivity index (χ1n) is 3.43. The van der Waals surface area contributed by atoms with Gasteiger partial charge in [-0.1, -0.05) is 0 Å². The number of nitrogens with two attached hydrogens (primary N) is 1. The van der Waals surface area contributed by atoms with E-state index < -0.39 is 10.0 Å². The van der Waals surface area contributed by atoms with Crippen molar-refractivity contribution in [3.05, 3.63) is 23.8 Å². The predicted octanol–water partition coefficient (Wildman–Crippen LogP) is 0.944. The molecule has 2 rings (SSSR count). The summed E-state index contributed by atoms with van der Waals surface area (Å²) in [5, 5.41) is 7.47. The summed E-state index contributed by atoms with van der Waals surface area (Å²) in [5.74, 6) is 0. The molecule has 68 valence electrons. The Labute approximate surface area is 79.1 Å². The van der Waals surface area contributed by atoms with Crippen LogP contribution in [0.4, 0.5) is 0 Å².